The van der Waals surface area contributed by atoms with Gasteiger partial charge in [-0.2, -0.15) is 0 Å². The highest BCUT2D eigenvalue weighted by molar-refractivity contribution is 9.13. The van der Waals surface area contributed by atoms with Gasteiger partial charge in [-0.05, 0) is 173 Å². The molecule has 8 aromatic rings. The molecule has 0 saturated heterocycles. The Morgan fingerprint density at radius 2 is 0.951 bits per heavy atom. The molecule has 0 spiro atoms. The minimum absolute atomic E-state index is 0.117. The Bertz CT molecular complexity index is 3670. The van der Waals surface area contributed by atoms with E-state index in [-0.39, 0.29) is 34.5 Å². The minimum atomic E-state index is -1.42. The molecule has 2 heterocycles. The van der Waals surface area contributed by atoms with Gasteiger partial charge in [0.1, 0.15) is 34.9 Å². The maximum absolute atomic E-state index is 14.8. The second-order valence-electron chi connectivity index (χ2n) is 18.5. The number of hydrogen-bond donors (Lipinski definition) is 2. The van der Waals surface area contributed by atoms with E-state index in [2.05, 4.69) is 47.8 Å². The van der Waals surface area contributed by atoms with Gasteiger partial charge in [-0.15, -0.1) is 0 Å². The molecule has 2 aliphatic rings. The highest BCUT2D eigenvalue weighted by atomic mass is 79.9. The smallest absolute Gasteiger partial charge is 0.335 e. The van der Waals surface area contributed by atoms with Gasteiger partial charge >= 0.3 is 11.9 Å². The van der Waals surface area contributed by atoms with Crippen LogP contribution in [-0.4, -0.2) is 69.7 Å². The molecule has 10 rings (SSSR count). The second-order valence-corrected chi connectivity index (χ2v) is 22.9. The Morgan fingerprint density at radius 1 is 0.556 bits per heavy atom. The van der Waals surface area contributed by atoms with E-state index in [1.165, 1.54) is 24.3 Å². The fourth-order valence-corrected chi connectivity index (χ4v) is 13.9. The molecule has 0 amide bonds. The van der Waals surface area contributed by atoms with Crippen molar-refractivity contribution in [3.63, 3.8) is 0 Å². The summed E-state index contributed by atoms with van der Waals surface area (Å²) in [5.41, 5.74) is 5.20. The number of imidazole rings is 2. The molecule has 2 N–H and O–H groups in total. The predicted molar refractivity (Wildman–Crippen MR) is 305 cm³/mol. The average molecular weight is 1350 g/mol. The lowest BCUT2D eigenvalue weighted by Gasteiger charge is -2.27. The second kappa shape index (κ2) is 25.4. The SMILES string of the molecule is COc1cc(Br)c(C2CCCc3nc(SCc4c(F)cc(C(=O)O)cc4F)n(-c4ccc(F)cc4)c32)cc1OC.COc1cc(C2CCCc3nc(SCc4c(F)cc(C(=O)O)cc4F)n(-c4ccc(F)cc4)c32)c(Br)c(Br)c1OC. The van der Waals surface area contributed by atoms with Crippen molar-refractivity contribution < 1.29 is 65.1 Å². The first-order valence-corrected chi connectivity index (χ1v) is 29.1. The number of hydrogen-bond acceptors (Lipinski definition) is 10. The third-order valence-corrected chi connectivity index (χ3v) is 18.6. The number of carbonyl (C=O) groups is 2. The zero-order valence-corrected chi connectivity index (χ0v) is 49.7. The van der Waals surface area contributed by atoms with Crippen molar-refractivity contribution in [3.8, 4) is 34.4 Å². The van der Waals surface area contributed by atoms with Crippen molar-refractivity contribution in [2.45, 2.75) is 72.2 Å². The number of halogens is 9. The highest BCUT2D eigenvalue weighted by Gasteiger charge is 2.35. The Morgan fingerprint density at radius 3 is 1.35 bits per heavy atom. The van der Waals surface area contributed by atoms with Crippen LogP contribution in [0.3, 0.4) is 0 Å². The summed E-state index contributed by atoms with van der Waals surface area (Å²) in [6, 6.07) is 20.9. The number of benzene rings is 6. The van der Waals surface area contributed by atoms with Crippen molar-refractivity contribution in [3.05, 3.63) is 195 Å². The van der Waals surface area contributed by atoms with Crippen LogP contribution < -0.4 is 18.9 Å². The number of aryl methyl sites for hydroxylation is 2. The fraction of sp³-hybridized carbons (Fsp3) is 0.241. The lowest BCUT2D eigenvalue weighted by molar-refractivity contribution is 0.0685. The standard InChI is InChI=1S/C29H23Br2F3N2O4S.C29H24BrF3N2O4S/c1-39-23-12-18(24(30)25(31)27(23)40-2)17-4-3-5-22-26(17)36(16-8-6-15(32)7-9-16)29(35-22)41-13-19-20(33)10-14(28(37)38)11-21(19)34;1-38-25-12-19(21(30)13-26(25)39-2)18-4-3-5-24-27(18)35(17-8-6-16(31)7-9-17)29(34-24)40-14-20-22(32)10-15(28(36)37)11-23(20)33/h6-12,17H,3-5,13H2,1-2H3,(H,37,38);6-13,18H,3-5,14H2,1-2H3,(H,36,37). The van der Waals surface area contributed by atoms with E-state index >= 15 is 0 Å². The Labute approximate surface area is 494 Å². The van der Waals surface area contributed by atoms with Gasteiger partial charge in [0, 0.05) is 54.8 Å². The molecular weight excluding hydrogens is 1300 g/mol. The van der Waals surface area contributed by atoms with Crippen LogP contribution in [-0.2, 0) is 24.3 Å². The molecule has 422 valence electrons. The molecular formula is C58H47Br3F6N4O8S2. The highest BCUT2D eigenvalue weighted by Crippen LogP contribution is 2.50. The molecule has 6 aromatic carbocycles. The van der Waals surface area contributed by atoms with Crippen molar-refractivity contribution in [2.75, 3.05) is 28.4 Å². The first kappa shape index (κ1) is 59.2. The van der Waals surface area contributed by atoms with E-state index in [0.29, 0.717) is 62.0 Å². The summed E-state index contributed by atoms with van der Waals surface area (Å²) in [6.45, 7) is 0. The van der Waals surface area contributed by atoms with Crippen LogP contribution >= 0.6 is 71.3 Å². The largest absolute Gasteiger partial charge is 0.493 e. The zero-order chi connectivity index (χ0) is 58.0. The summed E-state index contributed by atoms with van der Waals surface area (Å²) in [7, 11) is 6.26. The van der Waals surface area contributed by atoms with Crippen molar-refractivity contribution in [2.24, 2.45) is 0 Å². The number of methoxy groups -OCH3 is 4. The summed E-state index contributed by atoms with van der Waals surface area (Å²) in [5, 5.41) is 19.2. The number of carboxylic acids is 2. The van der Waals surface area contributed by atoms with Crippen LogP contribution in [0, 0.1) is 34.9 Å². The molecule has 0 fully saturated rings. The summed E-state index contributed by atoms with van der Waals surface area (Å²) in [5.74, 6) is -5.70. The molecule has 2 aliphatic carbocycles. The van der Waals surface area contributed by atoms with E-state index in [1.807, 2.05) is 27.3 Å². The fourth-order valence-electron chi connectivity index (χ4n) is 10.0. The van der Waals surface area contributed by atoms with Gasteiger partial charge < -0.3 is 29.2 Å². The minimum Gasteiger partial charge on any atom is -0.493 e. The van der Waals surface area contributed by atoms with Gasteiger partial charge in [-0.25, -0.2) is 45.9 Å². The first-order chi connectivity index (χ1) is 38.8. The van der Waals surface area contributed by atoms with E-state index in [1.54, 1.807) is 52.7 Å². The molecule has 81 heavy (non-hydrogen) atoms. The van der Waals surface area contributed by atoms with Crippen LogP contribution in [0.4, 0.5) is 26.3 Å². The van der Waals surface area contributed by atoms with Crippen molar-refractivity contribution >= 4 is 83.3 Å². The number of nitrogens with zero attached hydrogens (tertiary/aromatic N) is 4. The predicted octanol–water partition coefficient (Wildman–Crippen LogP) is 15.8. The normalized spacial score (nSPS) is 14.6. The number of carboxylic acid groups (broad SMARTS) is 2. The van der Waals surface area contributed by atoms with E-state index in [0.717, 1.165) is 116 Å². The molecule has 0 aliphatic heterocycles. The van der Waals surface area contributed by atoms with Crippen LogP contribution in [0.1, 0.15) is 103 Å². The molecule has 0 saturated carbocycles. The van der Waals surface area contributed by atoms with E-state index in [9.17, 15) is 35.9 Å². The van der Waals surface area contributed by atoms with Gasteiger partial charge in [0.15, 0.2) is 33.3 Å². The third kappa shape index (κ3) is 12.2. The molecule has 2 unspecified atom stereocenters. The molecule has 0 bridgehead atoms. The molecule has 23 heteroatoms. The quantitative estimate of drug-likeness (QED) is 0.0701. The van der Waals surface area contributed by atoms with Crippen LogP contribution in [0.25, 0.3) is 11.4 Å². The maximum Gasteiger partial charge on any atom is 0.335 e. The number of ether oxygens (including phenoxy) is 4. The van der Waals surface area contributed by atoms with Gasteiger partial charge in [-0.1, -0.05) is 39.5 Å². The molecule has 12 nitrogen and oxygen atoms in total. The number of thioether (sulfide) groups is 2. The van der Waals surface area contributed by atoms with Gasteiger partial charge in [-0.3, -0.25) is 9.13 Å². The van der Waals surface area contributed by atoms with Gasteiger partial charge in [0.2, 0.25) is 0 Å². The maximum atomic E-state index is 14.8. The summed E-state index contributed by atoms with van der Waals surface area (Å²) >= 11 is 13.3. The number of fused-ring (bicyclic) bond motifs is 2. The molecule has 2 aromatic heterocycles. The topological polar surface area (TPSA) is 147 Å². The van der Waals surface area contributed by atoms with E-state index in [4.69, 9.17) is 39.1 Å². The summed E-state index contributed by atoms with van der Waals surface area (Å²) < 4.78 is 115. The lowest BCUT2D eigenvalue weighted by Crippen LogP contribution is -2.16. The Hall–Kier alpha value is -6.40. The lowest BCUT2D eigenvalue weighted by atomic mass is 9.84. The van der Waals surface area contributed by atoms with Gasteiger partial charge in [0.25, 0.3) is 0 Å². The summed E-state index contributed by atoms with van der Waals surface area (Å²) in [4.78, 5) is 32.1. The van der Waals surface area contributed by atoms with E-state index < -0.39 is 58.0 Å². The molecule has 0 radical (unpaired) electrons. The first-order valence-electron chi connectivity index (χ1n) is 24.8. The van der Waals surface area contributed by atoms with Crippen molar-refractivity contribution in [1.29, 1.82) is 0 Å². The van der Waals surface area contributed by atoms with Crippen LogP contribution in [0.15, 0.2) is 115 Å². The van der Waals surface area contributed by atoms with Crippen molar-refractivity contribution in [1.82, 2.24) is 19.1 Å². The molecule has 2 atom stereocenters. The Kier molecular flexibility index (Phi) is 18.6. The monoisotopic (exact) mass is 1340 g/mol. The van der Waals surface area contributed by atoms with Crippen LogP contribution in [0.2, 0.25) is 0 Å². The van der Waals surface area contributed by atoms with Gasteiger partial charge in [0.05, 0.1) is 66.8 Å². The zero-order valence-electron chi connectivity index (χ0n) is 43.3. The van der Waals surface area contributed by atoms with Crippen LogP contribution in [0.5, 0.6) is 23.0 Å². The third-order valence-electron chi connectivity index (χ3n) is 13.9. The number of rotatable bonds is 16. The Balaban J connectivity index is 0.000000196. The summed E-state index contributed by atoms with van der Waals surface area (Å²) in [6.07, 6.45) is 4.69. The average Bonchev–Trinajstić information content (AvgIpc) is 3.51. The number of aromatic carboxylic acids is 2. The number of aromatic nitrogens is 4.